The van der Waals surface area contributed by atoms with E-state index in [1.165, 1.54) is 22.1 Å². The molecule has 4 rings (SSSR count). The molecule has 0 atom stereocenters. The lowest BCUT2D eigenvalue weighted by Gasteiger charge is -2.19. The Morgan fingerprint density at radius 3 is 2.37 bits per heavy atom. The molecule has 1 aromatic heterocycles. The van der Waals surface area contributed by atoms with Crippen molar-refractivity contribution in [2.75, 3.05) is 0 Å². The largest absolute Gasteiger partial charge is 0.297 e. The molecule has 0 saturated carbocycles. The van der Waals surface area contributed by atoms with Crippen LogP contribution in [0, 0.1) is 19.3 Å². The van der Waals surface area contributed by atoms with Crippen LogP contribution in [0.4, 0.5) is 5.69 Å². The summed E-state index contributed by atoms with van der Waals surface area (Å²) >= 11 is 0. The van der Waals surface area contributed by atoms with E-state index in [9.17, 15) is 0 Å². The van der Waals surface area contributed by atoms with E-state index in [1.54, 1.807) is 6.08 Å². The zero-order chi connectivity index (χ0) is 25.0. The summed E-state index contributed by atoms with van der Waals surface area (Å²) in [4.78, 5) is 5.22. The second-order valence-corrected chi connectivity index (χ2v) is 9.78. The minimum atomic E-state index is 0.110. The molecule has 0 spiro atoms. The molecule has 2 nitrogen and oxygen atoms in total. The summed E-state index contributed by atoms with van der Waals surface area (Å²) in [5.74, 6) is 3.58. The van der Waals surface area contributed by atoms with Gasteiger partial charge in [0.15, 0.2) is 0 Å². The van der Waals surface area contributed by atoms with Gasteiger partial charge in [0.1, 0.15) is 5.84 Å². The predicted molar refractivity (Wildman–Crippen MR) is 152 cm³/mol. The van der Waals surface area contributed by atoms with Crippen molar-refractivity contribution < 1.29 is 0 Å². The maximum Gasteiger partial charge on any atom is 0.118 e. The number of hydrogen-bond acceptors (Lipinski definition) is 1. The fourth-order valence-corrected chi connectivity index (χ4v) is 4.40. The fourth-order valence-electron chi connectivity index (χ4n) is 4.40. The predicted octanol–water partition coefficient (Wildman–Crippen LogP) is 8.36. The zero-order valence-electron chi connectivity index (χ0n) is 21.0. The Morgan fingerprint density at radius 1 is 1.00 bits per heavy atom. The van der Waals surface area contributed by atoms with Gasteiger partial charge in [-0.05, 0) is 58.9 Å². The van der Waals surface area contributed by atoms with Crippen LogP contribution in [0.5, 0.6) is 0 Å². The van der Waals surface area contributed by atoms with Crippen LogP contribution in [-0.2, 0) is 11.8 Å². The molecule has 0 unspecified atom stereocenters. The summed E-state index contributed by atoms with van der Waals surface area (Å²) in [5.41, 5.74) is 7.87. The van der Waals surface area contributed by atoms with E-state index in [0.29, 0.717) is 6.42 Å². The Kier molecular flexibility index (Phi) is 6.90. The van der Waals surface area contributed by atoms with Crippen LogP contribution in [0.2, 0.25) is 0 Å². The monoisotopic (exact) mass is 456 g/mol. The molecule has 4 aromatic rings. The van der Waals surface area contributed by atoms with Crippen LogP contribution in [0.1, 0.15) is 48.7 Å². The number of aryl methyl sites for hydroxylation is 1. The standard InChI is InChI=1S/C33H32N2/c1-7-9-17-30-24(3)28-15-11-13-18-31(28)35(30)32(34-29-16-12-10-14-26(29)8-2)23-25-19-21-27(22-20-25)33(4,5)6/h1,8-22H,2,23H2,3-6H3/b17-9-,34-32?. The number of nitrogens with zero attached hydrogens (tertiary/aromatic N) is 2. The van der Waals surface area contributed by atoms with Crippen LogP contribution in [-0.4, -0.2) is 10.4 Å². The Morgan fingerprint density at radius 2 is 1.69 bits per heavy atom. The third kappa shape index (κ3) is 5.05. The summed E-state index contributed by atoms with van der Waals surface area (Å²) in [6.07, 6.45) is 11.9. The van der Waals surface area contributed by atoms with Crippen LogP contribution >= 0.6 is 0 Å². The van der Waals surface area contributed by atoms with Crippen molar-refractivity contribution in [3.8, 4) is 12.3 Å². The normalized spacial score (nSPS) is 12.3. The maximum atomic E-state index is 5.59. The summed E-state index contributed by atoms with van der Waals surface area (Å²) < 4.78 is 2.25. The minimum Gasteiger partial charge on any atom is -0.297 e. The van der Waals surface area contributed by atoms with Gasteiger partial charge in [0, 0.05) is 11.8 Å². The van der Waals surface area contributed by atoms with Gasteiger partial charge in [-0.2, -0.15) is 0 Å². The highest BCUT2D eigenvalue weighted by Gasteiger charge is 2.18. The van der Waals surface area contributed by atoms with E-state index in [2.05, 4.69) is 93.3 Å². The molecule has 0 aliphatic carbocycles. The van der Waals surface area contributed by atoms with Crippen molar-refractivity contribution in [3.05, 3.63) is 113 Å². The van der Waals surface area contributed by atoms with Crippen LogP contribution < -0.4 is 0 Å². The number of rotatable bonds is 5. The highest BCUT2D eigenvalue weighted by Crippen LogP contribution is 2.30. The van der Waals surface area contributed by atoms with Crippen molar-refractivity contribution in [2.24, 2.45) is 4.99 Å². The summed E-state index contributed by atoms with van der Waals surface area (Å²) in [6, 6.07) is 25.4. The topological polar surface area (TPSA) is 17.3 Å². The van der Waals surface area contributed by atoms with E-state index in [0.717, 1.165) is 28.3 Å². The lowest BCUT2D eigenvalue weighted by Crippen LogP contribution is -2.17. The van der Waals surface area contributed by atoms with Gasteiger partial charge in [-0.25, -0.2) is 4.99 Å². The van der Waals surface area contributed by atoms with Crippen molar-refractivity contribution in [1.82, 2.24) is 4.57 Å². The van der Waals surface area contributed by atoms with Gasteiger partial charge in [-0.1, -0.05) is 100 Å². The summed E-state index contributed by atoms with van der Waals surface area (Å²) in [6.45, 7) is 12.8. The Bertz CT molecular complexity index is 1460. The lowest BCUT2D eigenvalue weighted by molar-refractivity contribution is 0.590. The smallest absolute Gasteiger partial charge is 0.118 e. The van der Waals surface area contributed by atoms with E-state index in [1.807, 2.05) is 36.4 Å². The number of benzene rings is 3. The molecule has 1 heterocycles. The second kappa shape index (κ2) is 10.0. The van der Waals surface area contributed by atoms with Gasteiger partial charge in [0.05, 0.1) is 16.9 Å². The molecule has 174 valence electrons. The Hall–Kier alpha value is -4.09. The molecule has 0 fully saturated rings. The SMILES string of the molecule is C#C/C=C\c1c(C)c2ccccc2n1C(Cc1ccc(C(C)(C)C)cc1)=Nc1ccccc1C=C. The van der Waals surface area contributed by atoms with E-state index >= 15 is 0 Å². The Balaban J connectivity index is 1.95. The van der Waals surface area contributed by atoms with E-state index in [4.69, 9.17) is 11.4 Å². The molecule has 2 heteroatoms. The van der Waals surface area contributed by atoms with Crippen molar-refractivity contribution in [2.45, 2.75) is 39.5 Å². The summed E-state index contributed by atoms with van der Waals surface area (Å²) in [7, 11) is 0. The average Bonchev–Trinajstić information content (AvgIpc) is 3.14. The number of hydrogen-bond donors (Lipinski definition) is 0. The third-order valence-electron chi connectivity index (χ3n) is 6.36. The second-order valence-electron chi connectivity index (χ2n) is 9.78. The van der Waals surface area contributed by atoms with Gasteiger partial charge < -0.3 is 0 Å². The van der Waals surface area contributed by atoms with E-state index in [-0.39, 0.29) is 5.41 Å². The van der Waals surface area contributed by atoms with Crippen molar-refractivity contribution >= 4 is 34.6 Å². The van der Waals surface area contributed by atoms with Crippen LogP contribution in [0.15, 0.2) is 90.4 Å². The molecule has 0 N–H and O–H groups in total. The first-order valence-corrected chi connectivity index (χ1v) is 11.9. The molecule has 0 saturated heterocycles. The molecule has 0 bridgehead atoms. The number of fused-ring (bicyclic) bond motifs is 1. The molecular formula is C33H32N2. The zero-order valence-corrected chi connectivity index (χ0v) is 21.0. The highest BCUT2D eigenvalue weighted by molar-refractivity contribution is 6.02. The molecule has 0 amide bonds. The molecule has 3 aromatic carbocycles. The first-order chi connectivity index (χ1) is 16.8. The average molecular weight is 457 g/mol. The highest BCUT2D eigenvalue weighted by atomic mass is 15.1. The van der Waals surface area contributed by atoms with Gasteiger partial charge in [0.2, 0.25) is 0 Å². The van der Waals surface area contributed by atoms with Gasteiger partial charge >= 0.3 is 0 Å². The molecular weight excluding hydrogens is 424 g/mol. The van der Waals surface area contributed by atoms with Crippen molar-refractivity contribution in [3.63, 3.8) is 0 Å². The number of para-hydroxylation sites is 2. The van der Waals surface area contributed by atoms with Crippen LogP contribution in [0.25, 0.3) is 23.1 Å². The van der Waals surface area contributed by atoms with Gasteiger partial charge in [-0.15, -0.1) is 6.42 Å². The summed E-state index contributed by atoms with van der Waals surface area (Å²) in [5, 5.41) is 1.19. The lowest BCUT2D eigenvalue weighted by atomic mass is 9.86. The molecule has 0 aliphatic rings. The fraction of sp³-hybridized carbons (Fsp3) is 0.182. The van der Waals surface area contributed by atoms with E-state index < -0.39 is 0 Å². The first kappa shape index (κ1) is 24.0. The van der Waals surface area contributed by atoms with Crippen molar-refractivity contribution in [1.29, 1.82) is 0 Å². The van der Waals surface area contributed by atoms with Gasteiger partial charge in [0.25, 0.3) is 0 Å². The van der Waals surface area contributed by atoms with Gasteiger partial charge in [-0.3, -0.25) is 4.57 Å². The van der Waals surface area contributed by atoms with Crippen LogP contribution in [0.3, 0.4) is 0 Å². The number of aliphatic imine (C=N–C) groups is 1. The molecule has 0 aliphatic heterocycles. The molecule has 35 heavy (non-hydrogen) atoms. The first-order valence-electron chi connectivity index (χ1n) is 11.9. The minimum absolute atomic E-state index is 0.110. The quantitative estimate of drug-likeness (QED) is 0.163. The third-order valence-corrected chi connectivity index (χ3v) is 6.36. The maximum absolute atomic E-state index is 5.59. The molecule has 0 radical (unpaired) electrons. The Labute approximate surface area is 209 Å². The number of terminal acetylenes is 1. The number of allylic oxidation sites excluding steroid dienone is 1. The number of aromatic nitrogens is 1.